The average molecular weight is 351 g/mol. The van der Waals surface area contributed by atoms with Crippen molar-refractivity contribution in [3.05, 3.63) is 71.8 Å². The molecule has 0 bridgehead atoms. The van der Waals surface area contributed by atoms with Gasteiger partial charge in [-0.3, -0.25) is 4.79 Å². The maximum Gasteiger partial charge on any atom is 0.310 e. The lowest BCUT2D eigenvalue weighted by Crippen LogP contribution is -2.43. The SMILES string of the molecule is C[C@@H]1CC[C@@H](C(C)(C)c2ccccc2)[C@H](OC(=O)Cc2ccccc2)C1. The van der Waals surface area contributed by atoms with Crippen LogP contribution in [-0.2, 0) is 21.4 Å². The molecule has 0 heterocycles. The molecule has 2 aromatic carbocycles. The topological polar surface area (TPSA) is 26.3 Å². The van der Waals surface area contributed by atoms with Gasteiger partial charge >= 0.3 is 5.97 Å². The van der Waals surface area contributed by atoms with Gasteiger partial charge in [0.2, 0.25) is 0 Å². The predicted octanol–water partition coefficient (Wildman–Crippen LogP) is 5.55. The van der Waals surface area contributed by atoms with Crippen LogP contribution in [0.1, 0.15) is 51.2 Å². The lowest BCUT2D eigenvalue weighted by molar-refractivity contribution is -0.155. The average Bonchev–Trinajstić information content (AvgIpc) is 2.63. The quantitative estimate of drug-likeness (QED) is 0.660. The van der Waals surface area contributed by atoms with Crippen molar-refractivity contribution in [2.45, 2.75) is 58.0 Å². The molecule has 138 valence electrons. The van der Waals surface area contributed by atoms with Crippen molar-refractivity contribution in [3.8, 4) is 0 Å². The molecular weight excluding hydrogens is 320 g/mol. The number of hydrogen-bond donors (Lipinski definition) is 0. The van der Waals surface area contributed by atoms with E-state index in [9.17, 15) is 4.79 Å². The standard InChI is InChI=1S/C24H30O2/c1-18-14-15-21(24(2,3)20-12-8-5-9-13-20)22(16-18)26-23(25)17-19-10-6-4-7-11-19/h4-13,18,21-22H,14-17H2,1-3H3/t18-,21-,22-/m1/s1. The molecule has 0 aromatic heterocycles. The van der Waals surface area contributed by atoms with Gasteiger partial charge in [-0.2, -0.15) is 0 Å². The minimum absolute atomic E-state index is 0.00910. The van der Waals surface area contributed by atoms with Crippen molar-refractivity contribution < 1.29 is 9.53 Å². The molecule has 0 amide bonds. The summed E-state index contributed by atoms with van der Waals surface area (Å²) in [5, 5.41) is 0. The summed E-state index contributed by atoms with van der Waals surface area (Å²) in [5.74, 6) is 0.845. The van der Waals surface area contributed by atoms with Crippen molar-refractivity contribution in [2.24, 2.45) is 11.8 Å². The Kier molecular flexibility index (Phi) is 5.80. The number of carbonyl (C=O) groups is 1. The first-order valence-electron chi connectivity index (χ1n) is 9.75. The predicted molar refractivity (Wildman–Crippen MR) is 106 cm³/mol. The fourth-order valence-electron chi connectivity index (χ4n) is 4.34. The monoisotopic (exact) mass is 350 g/mol. The minimum Gasteiger partial charge on any atom is -0.462 e. The zero-order valence-electron chi connectivity index (χ0n) is 16.2. The molecule has 2 aromatic rings. The van der Waals surface area contributed by atoms with Crippen LogP contribution >= 0.6 is 0 Å². The Morgan fingerprint density at radius 1 is 1.00 bits per heavy atom. The van der Waals surface area contributed by atoms with E-state index in [1.807, 2.05) is 30.3 Å². The summed E-state index contributed by atoms with van der Waals surface area (Å²) in [6.45, 7) is 6.85. The summed E-state index contributed by atoms with van der Waals surface area (Å²) in [4.78, 5) is 12.6. The Hall–Kier alpha value is -2.09. The van der Waals surface area contributed by atoms with Gasteiger partial charge < -0.3 is 4.74 Å². The van der Waals surface area contributed by atoms with Gasteiger partial charge in [-0.25, -0.2) is 0 Å². The first kappa shape index (κ1) is 18.7. The molecule has 0 radical (unpaired) electrons. The van der Waals surface area contributed by atoms with Crippen LogP contribution in [0.4, 0.5) is 0 Å². The first-order chi connectivity index (χ1) is 12.5. The van der Waals surface area contributed by atoms with Crippen molar-refractivity contribution in [2.75, 3.05) is 0 Å². The van der Waals surface area contributed by atoms with E-state index in [0.717, 1.165) is 18.4 Å². The van der Waals surface area contributed by atoms with Gasteiger partial charge in [-0.1, -0.05) is 87.9 Å². The normalized spacial score (nSPS) is 23.4. The van der Waals surface area contributed by atoms with Gasteiger partial charge in [0.05, 0.1) is 6.42 Å². The molecule has 1 saturated carbocycles. The third kappa shape index (κ3) is 4.35. The number of esters is 1. The van der Waals surface area contributed by atoms with Crippen LogP contribution in [0.3, 0.4) is 0 Å². The lowest BCUT2D eigenvalue weighted by atomic mass is 9.64. The highest BCUT2D eigenvalue weighted by molar-refractivity contribution is 5.72. The molecule has 1 aliphatic rings. The van der Waals surface area contributed by atoms with Crippen LogP contribution in [0.5, 0.6) is 0 Å². The van der Waals surface area contributed by atoms with E-state index in [4.69, 9.17) is 4.74 Å². The Morgan fingerprint density at radius 2 is 1.62 bits per heavy atom. The van der Waals surface area contributed by atoms with Crippen LogP contribution in [-0.4, -0.2) is 12.1 Å². The molecule has 1 fully saturated rings. The summed E-state index contributed by atoms with van der Waals surface area (Å²) in [7, 11) is 0. The molecule has 2 nitrogen and oxygen atoms in total. The molecular formula is C24H30O2. The molecule has 1 aliphatic carbocycles. The molecule has 3 atom stereocenters. The van der Waals surface area contributed by atoms with Crippen LogP contribution in [0, 0.1) is 11.8 Å². The summed E-state index contributed by atoms with van der Waals surface area (Å²) >= 11 is 0. The van der Waals surface area contributed by atoms with E-state index in [1.165, 1.54) is 12.0 Å². The van der Waals surface area contributed by atoms with E-state index in [1.54, 1.807) is 0 Å². The summed E-state index contributed by atoms with van der Waals surface area (Å²) in [6.07, 6.45) is 3.61. The second-order valence-corrected chi connectivity index (χ2v) is 8.30. The van der Waals surface area contributed by atoms with Crippen LogP contribution in [0.15, 0.2) is 60.7 Å². The zero-order valence-corrected chi connectivity index (χ0v) is 16.2. The molecule has 26 heavy (non-hydrogen) atoms. The molecule has 0 unspecified atom stereocenters. The van der Waals surface area contributed by atoms with Crippen molar-refractivity contribution in [1.82, 2.24) is 0 Å². The van der Waals surface area contributed by atoms with E-state index >= 15 is 0 Å². The lowest BCUT2D eigenvalue weighted by Gasteiger charge is -2.44. The van der Waals surface area contributed by atoms with Crippen molar-refractivity contribution in [1.29, 1.82) is 0 Å². The van der Waals surface area contributed by atoms with Crippen LogP contribution in [0.25, 0.3) is 0 Å². The molecule has 0 N–H and O–H groups in total. The Labute approximate surface area is 157 Å². The molecule has 2 heteroatoms. The highest BCUT2D eigenvalue weighted by atomic mass is 16.5. The van der Waals surface area contributed by atoms with Crippen molar-refractivity contribution >= 4 is 5.97 Å². The fourth-order valence-corrected chi connectivity index (χ4v) is 4.34. The summed E-state index contributed by atoms with van der Waals surface area (Å²) in [5.41, 5.74) is 2.32. The number of hydrogen-bond acceptors (Lipinski definition) is 2. The highest BCUT2D eigenvalue weighted by Crippen LogP contribution is 2.43. The number of rotatable bonds is 5. The number of ether oxygens (including phenoxy) is 1. The Morgan fingerprint density at radius 3 is 2.27 bits per heavy atom. The molecule has 0 aliphatic heterocycles. The highest BCUT2D eigenvalue weighted by Gasteiger charge is 2.41. The Balaban J connectivity index is 1.75. The van der Waals surface area contributed by atoms with Gasteiger partial charge in [0.15, 0.2) is 0 Å². The van der Waals surface area contributed by atoms with Crippen LogP contribution < -0.4 is 0 Å². The zero-order chi connectivity index (χ0) is 18.6. The maximum absolute atomic E-state index is 12.6. The van der Waals surface area contributed by atoms with Crippen LogP contribution in [0.2, 0.25) is 0 Å². The van der Waals surface area contributed by atoms with Gasteiger partial charge in [0.25, 0.3) is 0 Å². The minimum atomic E-state index is -0.107. The van der Waals surface area contributed by atoms with E-state index in [2.05, 4.69) is 51.1 Å². The molecule has 3 rings (SSSR count). The number of benzene rings is 2. The smallest absolute Gasteiger partial charge is 0.310 e. The van der Waals surface area contributed by atoms with Crippen molar-refractivity contribution in [3.63, 3.8) is 0 Å². The van der Waals surface area contributed by atoms with E-state index < -0.39 is 0 Å². The maximum atomic E-state index is 12.6. The third-order valence-electron chi connectivity index (χ3n) is 5.97. The van der Waals surface area contributed by atoms with Gasteiger partial charge in [0.1, 0.15) is 6.10 Å². The summed E-state index contributed by atoms with van der Waals surface area (Å²) in [6, 6.07) is 20.5. The number of carbonyl (C=O) groups excluding carboxylic acids is 1. The second kappa shape index (κ2) is 8.07. The van der Waals surface area contributed by atoms with Gasteiger partial charge in [-0.15, -0.1) is 0 Å². The summed E-state index contributed by atoms with van der Waals surface area (Å²) < 4.78 is 6.05. The largest absolute Gasteiger partial charge is 0.462 e. The molecule has 0 saturated heterocycles. The van der Waals surface area contributed by atoms with E-state index in [0.29, 0.717) is 18.3 Å². The third-order valence-corrected chi connectivity index (χ3v) is 5.97. The fraction of sp³-hybridized carbons (Fsp3) is 0.458. The Bertz CT molecular complexity index is 706. The van der Waals surface area contributed by atoms with Gasteiger partial charge in [-0.05, 0) is 35.3 Å². The van der Waals surface area contributed by atoms with Gasteiger partial charge in [0, 0.05) is 5.92 Å². The first-order valence-corrected chi connectivity index (χ1v) is 9.75. The molecule has 0 spiro atoms. The van der Waals surface area contributed by atoms with E-state index in [-0.39, 0.29) is 17.5 Å². The second-order valence-electron chi connectivity index (χ2n) is 8.30.